The number of rotatable bonds is 45. The van der Waals surface area contributed by atoms with E-state index < -0.39 is 124 Å². The van der Waals surface area contributed by atoms with Crippen molar-refractivity contribution in [2.45, 2.75) is 330 Å². The molecule has 3 fully saturated rings. The third-order valence-corrected chi connectivity index (χ3v) is 15.7. The lowest BCUT2D eigenvalue weighted by Crippen LogP contribution is -2.66. The third-order valence-electron chi connectivity index (χ3n) is 15.7. The number of aliphatic hydroxyl groups excluding tert-OH is 11. The van der Waals surface area contributed by atoms with E-state index in [1.165, 1.54) is 148 Å². The molecule has 450 valence electrons. The zero-order valence-electron chi connectivity index (χ0n) is 46.8. The first-order valence-electron chi connectivity index (χ1n) is 30.3. The van der Waals surface area contributed by atoms with Crippen LogP contribution >= 0.6 is 0 Å². The lowest BCUT2D eigenvalue weighted by Gasteiger charge is -2.48. The van der Waals surface area contributed by atoms with Crippen LogP contribution in [0.3, 0.4) is 0 Å². The van der Waals surface area contributed by atoms with Gasteiger partial charge in [0.15, 0.2) is 18.9 Å². The Kier molecular flexibility index (Phi) is 37.9. The highest BCUT2D eigenvalue weighted by molar-refractivity contribution is 5.76. The van der Waals surface area contributed by atoms with Gasteiger partial charge in [-0.05, 0) is 12.8 Å². The first kappa shape index (κ1) is 69.1. The van der Waals surface area contributed by atoms with Crippen molar-refractivity contribution in [2.75, 3.05) is 26.4 Å². The average molecular weight is 1100 g/mol. The number of carbonyl (C=O) groups is 1. The van der Waals surface area contributed by atoms with Crippen molar-refractivity contribution in [2.24, 2.45) is 0 Å². The number of amides is 1. The van der Waals surface area contributed by atoms with Gasteiger partial charge in [-0.1, -0.05) is 206 Å². The van der Waals surface area contributed by atoms with Gasteiger partial charge >= 0.3 is 0 Å². The summed E-state index contributed by atoms with van der Waals surface area (Å²) in [7, 11) is 0. The number of ether oxygens (including phenoxy) is 6. The van der Waals surface area contributed by atoms with Gasteiger partial charge < -0.3 is 89.9 Å². The Labute approximate surface area is 455 Å². The Hall–Kier alpha value is -1.21. The summed E-state index contributed by atoms with van der Waals surface area (Å²) in [6.45, 7) is 1.78. The normalized spacial score (nSPS) is 30.9. The van der Waals surface area contributed by atoms with Crippen LogP contribution in [0.5, 0.6) is 0 Å². The number of aliphatic hydroxyl groups is 11. The quantitative estimate of drug-likeness (QED) is 0.0348. The molecule has 0 aromatic carbocycles. The maximum atomic E-state index is 13.3. The van der Waals surface area contributed by atoms with Gasteiger partial charge in [-0.3, -0.25) is 4.79 Å². The number of hydrogen-bond acceptors (Lipinski definition) is 18. The van der Waals surface area contributed by atoms with Gasteiger partial charge in [0.05, 0.1) is 38.6 Å². The smallest absolute Gasteiger partial charge is 0.220 e. The van der Waals surface area contributed by atoms with E-state index in [0.29, 0.717) is 12.8 Å². The maximum Gasteiger partial charge on any atom is 0.220 e. The van der Waals surface area contributed by atoms with Gasteiger partial charge in [-0.2, -0.15) is 0 Å². The molecule has 0 radical (unpaired) electrons. The van der Waals surface area contributed by atoms with E-state index >= 15 is 0 Å². The predicted octanol–water partition coefficient (Wildman–Crippen LogP) is 5.21. The highest BCUT2D eigenvalue weighted by Crippen LogP contribution is 2.33. The molecule has 0 bridgehead atoms. The number of hydrogen-bond donors (Lipinski definition) is 12. The van der Waals surface area contributed by atoms with Crippen LogP contribution in [0.1, 0.15) is 226 Å². The number of unbranched alkanes of at least 4 members (excludes halogenated alkanes) is 29. The van der Waals surface area contributed by atoms with Gasteiger partial charge in [-0.25, -0.2) is 0 Å². The molecular formula is C57H109NO18. The second kappa shape index (κ2) is 41.7. The van der Waals surface area contributed by atoms with E-state index in [2.05, 4.69) is 19.2 Å². The first-order chi connectivity index (χ1) is 36.8. The molecule has 0 spiro atoms. The summed E-state index contributed by atoms with van der Waals surface area (Å²) in [5, 5.41) is 120. The minimum absolute atomic E-state index is 0.240. The van der Waals surface area contributed by atoms with E-state index in [0.717, 1.165) is 44.9 Å². The van der Waals surface area contributed by atoms with Crippen LogP contribution in [0.15, 0.2) is 0 Å². The summed E-state index contributed by atoms with van der Waals surface area (Å²) >= 11 is 0. The first-order valence-corrected chi connectivity index (χ1v) is 30.3. The van der Waals surface area contributed by atoms with Crippen molar-refractivity contribution >= 4 is 5.91 Å². The lowest BCUT2D eigenvalue weighted by atomic mass is 9.96. The Balaban J connectivity index is 1.45. The van der Waals surface area contributed by atoms with Crippen LogP contribution in [-0.4, -0.2) is 193 Å². The summed E-state index contributed by atoms with van der Waals surface area (Å²) in [5.41, 5.74) is 0. The standard InChI is InChI=1S/C57H109NO18/c1-3-5-7-9-11-13-15-16-17-18-19-20-21-22-23-24-25-27-29-31-33-35-45(63)58-40(41(62)34-32-30-28-26-14-12-10-8-6-4-2)39-71-55-51(69)48(66)53(43(37-60)73-55)76-57-52(70)49(67)54(44(38-61)74-57)75-56-50(68)47(65)46(64)42(36-59)72-56/h40-44,46-57,59-62,64-70H,3-39H2,1-2H3,(H,58,63). The molecule has 17 atom stereocenters. The molecular weight excluding hydrogens is 987 g/mol. The molecule has 12 N–H and O–H groups in total. The fraction of sp³-hybridized carbons (Fsp3) is 0.982. The predicted molar refractivity (Wildman–Crippen MR) is 287 cm³/mol. The van der Waals surface area contributed by atoms with Crippen molar-refractivity contribution < 1.29 is 89.4 Å². The third kappa shape index (κ3) is 25.7. The zero-order valence-corrected chi connectivity index (χ0v) is 46.8. The van der Waals surface area contributed by atoms with E-state index in [1.54, 1.807) is 0 Å². The van der Waals surface area contributed by atoms with Crippen molar-refractivity contribution in [3.63, 3.8) is 0 Å². The Morgan fingerprint density at radius 2 is 0.750 bits per heavy atom. The molecule has 0 aromatic heterocycles. The fourth-order valence-corrected chi connectivity index (χ4v) is 10.7. The summed E-state index contributed by atoms with van der Waals surface area (Å²) < 4.78 is 34.3. The summed E-state index contributed by atoms with van der Waals surface area (Å²) in [4.78, 5) is 13.3. The van der Waals surface area contributed by atoms with Gasteiger partial charge in [0.25, 0.3) is 0 Å². The van der Waals surface area contributed by atoms with E-state index in [1.807, 2.05) is 0 Å². The van der Waals surface area contributed by atoms with Crippen molar-refractivity contribution in [3.8, 4) is 0 Å². The Bertz CT molecular complexity index is 1400. The Morgan fingerprint density at radius 1 is 0.421 bits per heavy atom. The summed E-state index contributed by atoms with van der Waals surface area (Å²) in [6.07, 6.45) is 12.1. The molecule has 76 heavy (non-hydrogen) atoms. The minimum atomic E-state index is -1.97. The summed E-state index contributed by atoms with van der Waals surface area (Å²) in [6, 6.07) is -0.878. The second-order valence-electron chi connectivity index (χ2n) is 22.2. The molecule has 0 saturated carbocycles. The fourth-order valence-electron chi connectivity index (χ4n) is 10.7. The largest absolute Gasteiger partial charge is 0.394 e. The molecule has 19 heteroatoms. The van der Waals surface area contributed by atoms with Gasteiger partial charge in [0, 0.05) is 6.42 Å². The molecule has 3 heterocycles. The molecule has 1 amide bonds. The molecule has 3 aliphatic heterocycles. The minimum Gasteiger partial charge on any atom is -0.394 e. The molecule has 3 saturated heterocycles. The lowest BCUT2D eigenvalue weighted by molar-refractivity contribution is -0.379. The molecule has 3 rings (SSSR count). The highest BCUT2D eigenvalue weighted by Gasteiger charge is 2.53. The average Bonchev–Trinajstić information content (AvgIpc) is 3.42. The second-order valence-corrected chi connectivity index (χ2v) is 22.2. The van der Waals surface area contributed by atoms with Crippen LogP contribution in [0, 0.1) is 0 Å². The molecule has 17 unspecified atom stereocenters. The van der Waals surface area contributed by atoms with Crippen molar-refractivity contribution in [1.29, 1.82) is 0 Å². The summed E-state index contributed by atoms with van der Waals surface area (Å²) in [5.74, 6) is -0.240. The molecule has 3 aliphatic rings. The van der Waals surface area contributed by atoms with E-state index in [-0.39, 0.29) is 18.9 Å². The van der Waals surface area contributed by atoms with Crippen LogP contribution in [0.2, 0.25) is 0 Å². The SMILES string of the molecule is CCCCCCCCCCCCCCCCCCCCCCCC(=O)NC(COC1OC(CO)C(OC2OC(CO)C(OC3OC(CO)C(O)C(O)C3O)C(O)C2O)C(O)C1O)C(O)CCCCCCCCCCCC. The van der Waals surface area contributed by atoms with Crippen LogP contribution in [0.4, 0.5) is 0 Å². The number of nitrogens with one attached hydrogen (secondary N) is 1. The monoisotopic (exact) mass is 1100 g/mol. The number of carbonyl (C=O) groups excluding carboxylic acids is 1. The van der Waals surface area contributed by atoms with Gasteiger partial charge in [0.1, 0.15) is 73.2 Å². The van der Waals surface area contributed by atoms with Crippen molar-refractivity contribution in [1.82, 2.24) is 5.32 Å². The van der Waals surface area contributed by atoms with Crippen molar-refractivity contribution in [3.05, 3.63) is 0 Å². The van der Waals surface area contributed by atoms with Crippen LogP contribution in [0.25, 0.3) is 0 Å². The Morgan fingerprint density at radius 3 is 1.14 bits per heavy atom. The van der Waals surface area contributed by atoms with Crippen LogP contribution in [-0.2, 0) is 33.2 Å². The topological polar surface area (TPSA) is 307 Å². The molecule has 19 nitrogen and oxygen atoms in total. The molecule has 0 aromatic rings. The van der Waals surface area contributed by atoms with Gasteiger partial charge in [-0.15, -0.1) is 0 Å². The maximum absolute atomic E-state index is 13.3. The zero-order chi connectivity index (χ0) is 55.5. The van der Waals surface area contributed by atoms with Crippen LogP contribution < -0.4 is 5.32 Å². The van der Waals surface area contributed by atoms with Gasteiger partial charge in [0.2, 0.25) is 5.91 Å². The molecule has 0 aliphatic carbocycles. The van der Waals surface area contributed by atoms with E-state index in [9.17, 15) is 61.0 Å². The van der Waals surface area contributed by atoms with E-state index in [4.69, 9.17) is 28.4 Å². The highest BCUT2D eigenvalue weighted by atomic mass is 16.8.